The Balaban J connectivity index is 1.75. The zero-order chi connectivity index (χ0) is 16.4. The molecule has 0 radical (unpaired) electrons. The number of nitrogens with zero attached hydrogens (tertiary/aromatic N) is 5. The van der Waals surface area contributed by atoms with E-state index in [0.29, 0.717) is 6.54 Å². The van der Waals surface area contributed by atoms with Gasteiger partial charge in [-0.3, -0.25) is 9.58 Å². The number of piperidine rings is 1. The number of alkyl halides is 3. The summed E-state index contributed by atoms with van der Waals surface area (Å²) in [6.07, 6.45) is -0.978. The molecule has 0 saturated carbocycles. The molecule has 0 spiro atoms. The van der Waals surface area contributed by atoms with E-state index in [1.165, 1.54) is 0 Å². The first kappa shape index (κ1) is 16.0. The molecule has 0 aromatic carbocycles. The molecule has 1 atom stereocenters. The fraction of sp³-hybridized carbons (Fsp3) is 0.643. The lowest BCUT2D eigenvalue weighted by Crippen LogP contribution is -2.33. The Kier molecular flexibility index (Phi) is 4.38. The summed E-state index contributed by atoms with van der Waals surface area (Å²) >= 11 is 0. The molecule has 1 aliphatic heterocycles. The van der Waals surface area contributed by atoms with Crippen molar-refractivity contribution in [2.75, 3.05) is 6.54 Å². The number of hydrogen-bond acceptors (Lipinski definition) is 5. The fourth-order valence-electron chi connectivity index (χ4n) is 2.87. The Bertz CT molecular complexity index is 651. The second-order valence-electron chi connectivity index (χ2n) is 5.75. The van der Waals surface area contributed by atoms with E-state index in [0.717, 1.165) is 31.5 Å². The number of likely N-dealkylation sites (tertiary alicyclic amines) is 1. The van der Waals surface area contributed by atoms with Gasteiger partial charge in [-0.15, -0.1) is 10.2 Å². The topological polar surface area (TPSA) is 60.0 Å². The van der Waals surface area contributed by atoms with Crippen molar-refractivity contribution in [1.82, 2.24) is 24.9 Å². The summed E-state index contributed by atoms with van der Waals surface area (Å²) in [6.45, 7) is 1.49. The summed E-state index contributed by atoms with van der Waals surface area (Å²) in [5.41, 5.74) is 1.03. The Morgan fingerprint density at radius 3 is 2.83 bits per heavy atom. The zero-order valence-electron chi connectivity index (χ0n) is 12.8. The van der Waals surface area contributed by atoms with Gasteiger partial charge in [0.1, 0.15) is 6.42 Å². The van der Waals surface area contributed by atoms with Gasteiger partial charge in [-0.1, -0.05) is 6.42 Å². The van der Waals surface area contributed by atoms with Gasteiger partial charge in [-0.05, 0) is 25.5 Å². The second-order valence-corrected chi connectivity index (χ2v) is 5.75. The minimum absolute atomic E-state index is 0.145. The van der Waals surface area contributed by atoms with E-state index < -0.39 is 12.6 Å². The second kappa shape index (κ2) is 6.31. The van der Waals surface area contributed by atoms with E-state index in [4.69, 9.17) is 4.42 Å². The van der Waals surface area contributed by atoms with E-state index in [-0.39, 0.29) is 17.8 Å². The first-order chi connectivity index (χ1) is 10.9. The van der Waals surface area contributed by atoms with Gasteiger partial charge in [0.15, 0.2) is 0 Å². The first-order valence-electron chi connectivity index (χ1n) is 7.52. The Labute approximate surface area is 131 Å². The molecule has 0 amide bonds. The lowest BCUT2D eigenvalue weighted by atomic mass is 10.0. The van der Waals surface area contributed by atoms with Crippen molar-refractivity contribution in [2.24, 2.45) is 7.05 Å². The number of aromatic nitrogens is 4. The SMILES string of the molecule is Cn1nccc1CN1CCCC[C@H]1c1nnc(CC(F)(F)F)o1. The monoisotopic (exact) mass is 329 g/mol. The molecule has 2 aromatic rings. The number of aryl methyl sites for hydroxylation is 1. The molecule has 9 heteroatoms. The smallest absolute Gasteiger partial charge is 0.397 e. The quantitative estimate of drug-likeness (QED) is 0.863. The maximum atomic E-state index is 12.4. The van der Waals surface area contributed by atoms with Crippen molar-refractivity contribution < 1.29 is 17.6 Å². The third-order valence-electron chi connectivity index (χ3n) is 4.02. The van der Waals surface area contributed by atoms with Crippen LogP contribution in [0.2, 0.25) is 0 Å². The minimum atomic E-state index is -4.34. The van der Waals surface area contributed by atoms with Gasteiger partial charge in [0, 0.05) is 19.8 Å². The highest BCUT2D eigenvalue weighted by atomic mass is 19.4. The third kappa shape index (κ3) is 3.90. The summed E-state index contributed by atoms with van der Waals surface area (Å²) in [6, 6.07) is 1.78. The molecule has 126 valence electrons. The molecule has 23 heavy (non-hydrogen) atoms. The van der Waals surface area contributed by atoms with Crippen molar-refractivity contribution in [1.29, 1.82) is 0 Å². The van der Waals surface area contributed by atoms with Gasteiger partial charge in [0.05, 0.1) is 11.7 Å². The lowest BCUT2D eigenvalue weighted by Gasteiger charge is -2.33. The fourth-order valence-corrected chi connectivity index (χ4v) is 2.87. The van der Waals surface area contributed by atoms with Crippen LogP contribution in [0.1, 0.15) is 42.8 Å². The van der Waals surface area contributed by atoms with Gasteiger partial charge in [-0.25, -0.2) is 0 Å². The summed E-state index contributed by atoms with van der Waals surface area (Å²) in [7, 11) is 1.86. The third-order valence-corrected chi connectivity index (χ3v) is 4.02. The van der Waals surface area contributed by atoms with Crippen molar-refractivity contribution in [2.45, 2.75) is 44.4 Å². The molecular formula is C14H18F3N5O. The van der Waals surface area contributed by atoms with Crippen LogP contribution in [0.25, 0.3) is 0 Å². The molecule has 6 nitrogen and oxygen atoms in total. The van der Waals surface area contributed by atoms with Crippen LogP contribution in [0, 0.1) is 0 Å². The van der Waals surface area contributed by atoms with E-state index in [1.807, 2.05) is 13.1 Å². The minimum Gasteiger partial charge on any atom is -0.423 e. The number of halogens is 3. The number of rotatable bonds is 4. The van der Waals surface area contributed by atoms with Crippen LogP contribution in [-0.2, 0) is 20.0 Å². The largest absolute Gasteiger partial charge is 0.423 e. The highest BCUT2D eigenvalue weighted by Crippen LogP contribution is 2.32. The molecule has 1 aliphatic rings. The molecule has 0 unspecified atom stereocenters. The van der Waals surface area contributed by atoms with Crippen molar-refractivity contribution >= 4 is 0 Å². The van der Waals surface area contributed by atoms with E-state index >= 15 is 0 Å². The molecule has 1 saturated heterocycles. The van der Waals surface area contributed by atoms with Crippen LogP contribution in [-0.4, -0.2) is 37.6 Å². The molecule has 1 fully saturated rings. The van der Waals surface area contributed by atoms with Gasteiger partial charge >= 0.3 is 6.18 Å². The lowest BCUT2D eigenvalue weighted by molar-refractivity contribution is -0.131. The van der Waals surface area contributed by atoms with E-state index in [1.54, 1.807) is 10.9 Å². The normalized spacial score (nSPS) is 20.1. The van der Waals surface area contributed by atoms with E-state index in [2.05, 4.69) is 20.2 Å². The molecular weight excluding hydrogens is 311 g/mol. The number of hydrogen-bond donors (Lipinski definition) is 0. The molecule has 2 aromatic heterocycles. The van der Waals surface area contributed by atoms with Gasteiger partial charge in [0.25, 0.3) is 0 Å². The highest BCUT2D eigenvalue weighted by Gasteiger charge is 2.33. The zero-order valence-corrected chi connectivity index (χ0v) is 12.8. The Morgan fingerprint density at radius 2 is 2.13 bits per heavy atom. The predicted molar refractivity (Wildman–Crippen MR) is 74.3 cm³/mol. The van der Waals surface area contributed by atoms with Crippen LogP contribution >= 0.6 is 0 Å². The van der Waals surface area contributed by atoms with Crippen molar-refractivity contribution in [3.63, 3.8) is 0 Å². The maximum absolute atomic E-state index is 12.4. The average Bonchev–Trinajstić information content (AvgIpc) is 3.08. The van der Waals surface area contributed by atoms with Crippen LogP contribution in [0.4, 0.5) is 13.2 Å². The Hall–Kier alpha value is -1.90. The standard InChI is InChI=1S/C14H18F3N5O/c1-21-10(5-6-18-21)9-22-7-3-2-4-11(22)13-20-19-12(23-13)8-14(15,16)17/h5-6,11H,2-4,7-9H2,1H3/t11-/m0/s1. The summed E-state index contributed by atoms with van der Waals surface area (Å²) in [5.74, 6) is -0.107. The molecule has 3 rings (SSSR count). The van der Waals surface area contributed by atoms with Crippen LogP contribution in [0.5, 0.6) is 0 Å². The predicted octanol–water partition coefficient (Wildman–Crippen LogP) is 2.64. The maximum Gasteiger partial charge on any atom is 0.397 e. The summed E-state index contributed by atoms with van der Waals surface area (Å²) < 4.78 is 44.3. The van der Waals surface area contributed by atoms with Crippen LogP contribution in [0.3, 0.4) is 0 Å². The van der Waals surface area contributed by atoms with Crippen molar-refractivity contribution in [3.05, 3.63) is 29.7 Å². The Morgan fingerprint density at radius 1 is 1.30 bits per heavy atom. The molecule has 0 N–H and O–H groups in total. The first-order valence-corrected chi connectivity index (χ1v) is 7.52. The molecule has 0 aliphatic carbocycles. The van der Waals surface area contributed by atoms with E-state index in [9.17, 15) is 13.2 Å². The summed E-state index contributed by atoms with van der Waals surface area (Å²) in [4.78, 5) is 2.16. The van der Waals surface area contributed by atoms with Gasteiger partial charge in [0.2, 0.25) is 11.8 Å². The van der Waals surface area contributed by atoms with Gasteiger partial charge in [-0.2, -0.15) is 18.3 Å². The summed E-state index contributed by atoms with van der Waals surface area (Å²) in [5, 5.41) is 11.5. The molecule has 0 bridgehead atoms. The molecule has 3 heterocycles. The van der Waals surface area contributed by atoms with Gasteiger partial charge < -0.3 is 4.42 Å². The average molecular weight is 329 g/mol. The van der Waals surface area contributed by atoms with Crippen LogP contribution in [0.15, 0.2) is 16.7 Å². The van der Waals surface area contributed by atoms with Crippen LogP contribution < -0.4 is 0 Å². The highest BCUT2D eigenvalue weighted by molar-refractivity contribution is 5.02. The van der Waals surface area contributed by atoms with Crippen molar-refractivity contribution in [3.8, 4) is 0 Å².